The van der Waals surface area contributed by atoms with Crippen LogP contribution in [0.25, 0.3) is 10.9 Å². The van der Waals surface area contributed by atoms with Crippen LogP contribution in [0.4, 0.5) is 5.69 Å². The SMILES string of the molecule is CN(C(=O)c1c[nH]c2ccc(N)cc12)C1CCOC1. The Morgan fingerprint density at radius 1 is 1.53 bits per heavy atom. The van der Waals surface area contributed by atoms with Crippen molar-refractivity contribution in [2.45, 2.75) is 12.5 Å². The Labute approximate surface area is 111 Å². The van der Waals surface area contributed by atoms with E-state index >= 15 is 0 Å². The molecule has 0 aliphatic carbocycles. The Morgan fingerprint density at radius 2 is 2.37 bits per heavy atom. The normalized spacial score (nSPS) is 18.9. The third-order valence-electron chi connectivity index (χ3n) is 3.71. The zero-order valence-electron chi connectivity index (χ0n) is 10.8. The van der Waals surface area contributed by atoms with E-state index in [1.165, 1.54) is 0 Å². The van der Waals surface area contributed by atoms with Gasteiger partial charge < -0.3 is 20.4 Å². The lowest BCUT2D eigenvalue weighted by molar-refractivity contribution is 0.0713. The number of aromatic amines is 1. The number of nitrogens with zero attached hydrogens (tertiary/aromatic N) is 1. The predicted molar refractivity (Wildman–Crippen MR) is 74.0 cm³/mol. The van der Waals surface area contributed by atoms with Crippen LogP contribution in [0.5, 0.6) is 0 Å². The summed E-state index contributed by atoms with van der Waals surface area (Å²) in [6.45, 7) is 1.34. The van der Waals surface area contributed by atoms with E-state index in [9.17, 15) is 4.79 Å². The van der Waals surface area contributed by atoms with E-state index in [-0.39, 0.29) is 11.9 Å². The van der Waals surface area contributed by atoms with Crippen molar-refractivity contribution in [2.24, 2.45) is 0 Å². The molecule has 1 aliphatic rings. The Bertz CT molecular complexity index is 614. The van der Waals surface area contributed by atoms with Gasteiger partial charge in [-0.25, -0.2) is 0 Å². The smallest absolute Gasteiger partial charge is 0.256 e. The first kappa shape index (κ1) is 12.0. The van der Waals surface area contributed by atoms with Crippen LogP contribution >= 0.6 is 0 Å². The van der Waals surface area contributed by atoms with Gasteiger partial charge in [0.05, 0.1) is 18.2 Å². The highest BCUT2D eigenvalue weighted by atomic mass is 16.5. The minimum atomic E-state index is 0.00681. The number of fused-ring (bicyclic) bond motifs is 1. The Hall–Kier alpha value is -2.01. The van der Waals surface area contributed by atoms with Crippen molar-refractivity contribution in [1.82, 2.24) is 9.88 Å². The maximum absolute atomic E-state index is 12.5. The Morgan fingerprint density at radius 3 is 3.11 bits per heavy atom. The molecule has 0 radical (unpaired) electrons. The van der Waals surface area contributed by atoms with Gasteiger partial charge >= 0.3 is 0 Å². The summed E-state index contributed by atoms with van der Waals surface area (Å²) in [4.78, 5) is 17.4. The quantitative estimate of drug-likeness (QED) is 0.805. The number of rotatable bonds is 2. The zero-order valence-corrected chi connectivity index (χ0v) is 10.8. The van der Waals surface area contributed by atoms with E-state index in [1.54, 1.807) is 11.1 Å². The first-order chi connectivity index (χ1) is 9.16. The lowest BCUT2D eigenvalue weighted by atomic mass is 10.1. The minimum absolute atomic E-state index is 0.00681. The molecule has 3 N–H and O–H groups in total. The van der Waals surface area contributed by atoms with Crippen LogP contribution in [0.15, 0.2) is 24.4 Å². The number of nitrogen functional groups attached to an aromatic ring is 1. The number of nitrogens with two attached hydrogens (primary N) is 1. The topological polar surface area (TPSA) is 71.4 Å². The molecule has 1 unspecified atom stereocenters. The van der Waals surface area contributed by atoms with Gasteiger partial charge in [0.1, 0.15) is 0 Å². The fourth-order valence-corrected chi connectivity index (χ4v) is 2.50. The second-order valence-corrected chi connectivity index (χ2v) is 4.94. The minimum Gasteiger partial charge on any atom is -0.399 e. The van der Waals surface area contributed by atoms with Crippen molar-refractivity contribution in [1.29, 1.82) is 0 Å². The molecular formula is C14H17N3O2. The number of carbonyl (C=O) groups excluding carboxylic acids is 1. The van der Waals surface area contributed by atoms with Gasteiger partial charge in [-0.2, -0.15) is 0 Å². The molecule has 5 heteroatoms. The second kappa shape index (κ2) is 4.59. The van der Waals surface area contributed by atoms with Crippen LogP contribution in [0.1, 0.15) is 16.8 Å². The van der Waals surface area contributed by atoms with Crippen molar-refractivity contribution in [2.75, 3.05) is 26.0 Å². The maximum Gasteiger partial charge on any atom is 0.256 e. The number of carbonyl (C=O) groups is 1. The standard InChI is InChI=1S/C14H17N3O2/c1-17(10-4-5-19-8-10)14(18)12-7-16-13-3-2-9(15)6-11(12)13/h2-3,6-7,10,16H,4-5,8,15H2,1H3. The average molecular weight is 259 g/mol. The number of likely N-dealkylation sites (N-methyl/N-ethyl adjacent to an activating group) is 1. The monoisotopic (exact) mass is 259 g/mol. The zero-order chi connectivity index (χ0) is 13.4. The van der Waals surface area contributed by atoms with Crippen LogP contribution in [0.2, 0.25) is 0 Å². The van der Waals surface area contributed by atoms with Gasteiger partial charge in [-0.1, -0.05) is 0 Å². The molecule has 1 atom stereocenters. The first-order valence-corrected chi connectivity index (χ1v) is 6.38. The molecule has 0 spiro atoms. The van der Waals surface area contributed by atoms with Crippen molar-refractivity contribution in [3.05, 3.63) is 30.0 Å². The van der Waals surface area contributed by atoms with Crippen LogP contribution in [-0.2, 0) is 4.74 Å². The summed E-state index contributed by atoms with van der Waals surface area (Å²) >= 11 is 0. The molecule has 2 aromatic rings. The number of anilines is 1. The summed E-state index contributed by atoms with van der Waals surface area (Å²) in [6.07, 6.45) is 2.64. The first-order valence-electron chi connectivity index (χ1n) is 6.38. The predicted octanol–water partition coefficient (Wildman–Crippen LogP) is 1.61. The van der Waals surface area contributed by atoms with Crippen LogP contribution in [0.3, 0.4) is 0 Å². The fourth-order valence-electron chi connectivity index (χ4n) is 2.50. The maximum atomic E-state index is 12.5. The van der Waals surface area contributed by atoms with Gasteiger partial charge in [0.2, 0.25) is 0 Å². The molecule has 3 rings (SSSR count). The third-order valence-corrected chi connectivity index (χ3v) is 3.71. The number of H-pyrrole nitrogens is 1. The van der Waals surface area contributed by atoms with E-state index in [4.69, 9.17) is 10.5 Å². The number of aromatic nitrogens is 1. The number of hydrogen-bond acceptors (Lipinski definition) is 3. The van der Waals surface area contributed by atoms with Crippen molar-refractivity contribution in [3.63, 3.8) is 0 Å². The number of nitrogens with one attached hydrogen (secondary N) is 1. The lowest BCUT2D eigenvalue weighted by Crippen LogP contribution is -2.37. The molecule has 1 aromatic carbocycles. The number of hydrogen-bond donors (Lipinski definition) is 2. The number of benzene rings is 1. The molecule has 1 saturated heterocycles. The number of ether oxygens (including phenoxy) is 1. The molecule has 1 amide bonds. The summed E-state index contributed by atoms with van der Waals surface area (Å²) in [5.74, 6) is 0.00681. The highest BCUT2D eigenvalue weighted by Gasteiger charge is 2.26. The molecule has 5 nitrogen and oxygen atoms in total. The largest absolute Gasteiger partial charge is 0.399 e. The van der Waals surface area contributed by atoms with Crippen molar-refractivity contribution < 1.29 is 9.53 Å². The molecule has 1 aromatic heterocycles. The fraction of sp³-hybridized carbons (Fsp3) is 0.357. The molecule has 2 heterocycles. The summed E-state index contributed by atoms with van der Waals surface area (Å²) in [7, 11) is 1.83. The van der Waals surface area contributed by atoms with E-state index in [0.29, 0.717) is 17.9 Å². The molecule has 100 valence electrons. The van der Waals surface area contributed by atoms with E-state index < -0.39 is 0 Å². The van der Waals surface area contributed by atoms with Gasteiger partial charge in [0.25, 0.3) is 5.91 Å². The Balaban J connectivity index is 1.94. The van der Waals surface area contributed by atoms with Crippen molar-refractivity contribution >= 4 is 22.5 Å². The average Bonchev–Trinajstić information content (AvgIpc) is 3.05. The Kier molecular flexibility index (Phi) is 2.91. The molecular weight excluding hydrogens is 242 g/mol. The highest BCUT2D eigenvalue weighted by Crippen LogP contribution is 2.23. The highest BCUT2D eigenvalue weighted by molar-refractivity contribution is 6.07. The van der Waals surface area contributed by atoms with Gasteiger partial charge in [0, 0.05) is 36.4 Å². The molecule has 1 fully saturated rings. The lowest BCUT2D eigenvalue weighted by Gasteiger charge is -2.22. The summed E-state index contributed by atoms with van der Waals surface area (Å²) in [5, 5.41) is 0.871. The number of amides is 1. The molecule has 1 aliphatic heterocycles. The second-order valence-electron chi connectivity index (χ2n) is 4.94. The third kappa shape index (κ3) is 2.06. The van der Waals surface area contributed by atoms with Crippen LogP contribution in [0, 0.1) is 0 Å². The summed E-state index contributed by atoms with van der Waals surface area (Å²) < 4.78 is 5.33. The van der Waals surface area contributed by atoms with Gasteiger partial charge in [-0.3, -0.25) is 4.79 Å². The summed E-state index contributed by atoms with van der Waals surface area (Å²) in [6, 6.07) is 5.71. The van der Waals surface area contributed by atoms with E-state index in [2.05, 4.69) is 4.98 Å². The van der Waals surface area contributed by atoms with Crippen LogP contribution < -0.4 is 5.73 Å². The molecule has 0 saturated carbocycles. The van der Waals surface area contributed by atoms with Gasteiger partial charge in [-0.15, -0.1) is 0 Å². The van der Waals surface area contributed by atoms with Crippen molar-refractivity contribution in [3.8, 4) is 0 Å². The van der Waals surface area contributed by atoms with Gasteiger partial charge in [0.15, 0.2) is 0 Å². The van der Waals surface area contributed by atoms with Gasteiger partial charge in [-0.05, 0) is 24.6 Å². The molecule has 19 heavy (non-hydrogen) atoms. The summed E-state index contributed by atoms with van der Waals surface area (Å²) in [5.41, 5.74) is 8.04. The van der Waals surface area contributed by atoms with Crippen LogP contribution in [-0.4, -0.2) is 42.1 Å². The van der Waals surface area contributed by atoms with E-state index in [0.717, 1.165) is 23.9 Å². The van der Waals surface area contributed by atoms with E-state index in [1.807, 2.05) is 25.2 Å². The molecule has 0 bridgehead atoms.